The van der Waals surface area contributed by atoms with E-state index in [2.05, 4.69) is 15.2 Å². The first kappa shape index (κ1) is 24.4. The number of nitrogens with zero attached hydrogens (tertiary/aromatic N) is 4. The van der Waals surface area contributed by atoms with Gasteiger partial charge >= 0.3 is 5.97 Å². The molecule has 1 aliphatic rings. The molecular formula is C26H24F2N4O5. The molecule has 0 radical (unpaired) electrons. The van der Waals surface area contributed by atoms with Gasteiger partial charge in [0.15, 0.2) is 23.3 Å². The van der Waals surface area contributed by atoms with Gasteiger partial charge in [-0.05, 0) is 25.5 Å². The Balaban J connectivity index is 1.59. The van der Waals surface area contributed by atoms with E-state index in [0.29, 0.717) is 47.3 Å². The van der Waals surface area contributed by atoms with E-state index < -0.39 is 23.2 Å². The Labute approximate surface area is 211 Å². The van der Waals surface area contributed by atoms with Crippen molar-refractivity contribution < 1.29 is 32.2 Å². The molecule has 0 amide bonds. The molecule has 0 aliphatic carbocycles. The second-order valence-electron chi connectivity index (χ2n) is 8.52. The summed E-state index contributed by atoms with van der Waals surface area (Å²) in [4.78, 5) is 17.4. The van der Waals surface area contributed by atoms with Crippen LogP contribution in [0, 0.1) is 18.6 Å². The normalized spacial score (nSPS) is 16.8. The van der Waals surface area contributed by atoms with Crippen molar-refractivity contribution in [3.8, 4) is 34.2 Å². The van der Waals surface area contributed by atoms with Crippen LogP contribution in [0.2, 0.25) is 0 Å². The molecule has 1 atom stereocenters. The summed E-state index contributed by atoms with van der Waals surface area (Å²) in [7, 11) is 1.54. The molecule has 1 aliphatic heterocycles. The average Bonchev–Trinajstić information content (AvgIpc) is 3.50. The molecule has 0 spiro atoms. The van der Waals surface area contributed by atoms with Gasteiger partial charge in [-0.3, -0.25) is 0 Å². The third kappa shape index (κ3) is 4.41. The van der Waals surface area contributed by atoms with Gasteiger partial charge in [0.1, 0.15) is 23.1 Å². The van der Waals surface area contributed by atoms with Crippen molar-refractivity contribution in [1.29, 1.82) is 0 Å². The second-order valence-corrected chi connectivity index (χ2v) is 8.52. The second kappa shape index (κ2) is 9.64. The number of oxazole rings is 1. The summed E-state index contributed by atoms with van der Waals surface area (Å²) in [5, 5.41) is 8.65. The fourth-order valence-electron chi connectivity index (χ4n) is 4.51. The standard InChI is InChI=1S/C26H24F2N4O5/c1-4-35-25(33)26(37-19-12-17(27)11-18(28)13-19)8-5-9-32-23(30-31-24(26)32)16-6-7-20(21(10-16)34-3)22-14-29-15(2)36-22/h6-7,10-14H,4-5,8-9H2,1-3H3. The summed E-state index contributed by atoms with van der Waals surface area (Å²) >= 11 is 0. The summed E-state index contributed by atoms with van der Waals surface area (Å²) in [5.74, 6) is -0.263. The van der Waals surface area contributed by atoms with Crippen LogP contribution < -0.4 is 9.47 Å². The SMILES string of the molecule is CCOC(=O)C1(Oc2cc(F)cc(F)c2)CCCn2c(-c3ccc(-c4cnc(C)o4)c(OC)c3)nnc21. The van der Waals surface area contributed by atoms with Crippen LogP contribution in [-0.2, 0) is 21.7 Å². The lowest BCUT2D eigenvalue weighted by Gasteiger charge is -2.34. The Kier molecular flexibility index (Phi) is 6.36. The van der Waals surface area contributed by atoms with Crippen LogP contribution in [0.3, 0.4) is 0 Å². The number of methoxy groups -OCH3 is 1. The van der Waals surface area contributed by atoms with Gasteiger partial charge in [-0.15, -0.1) is 10.2 Å². The van der Waals surface area contributed by atoms with Crippen molar-refractivity contribution in [1.82, 2.24) is 19.7 Å². The van der Waals surface area contributed by atoms with Crippen LogP contribution in [0.1, 0.15) is 31.5 Å². The molecule has 2 aromatic carbocycles. The summed E-state index contributed by atoms with van der Waals surface area (Å²) in [5.41, 5.74) is -0.351. The summed E-state index contributed by atoms with van der Waals surface area (Å²) < 4.78 is 52.1. The van der Waals surface area contributed by atoms with Gasteiger partial charge in [0.25, 0.3) is 5.60 Å². The predicted molar refractivity (Wildman–Crippen MR) is 127 cm³/mol. The van der Waals surface area contributed by atoms with E-state index in [-0.39, 0.29) is 24.6 Å². The van der Waals surface area contributed by atoms with E-state index in [9.17, 15) is 13.6 Å². The average molecular weight is 510 g/mol. The Hall–Kier alpha value is -4.28. The fraction of sp³-hybridized carbons (Fsp3) is 0.308. The minimum atomic E-state index is -1.73. The number of rotatable bonds is 7. The van der Waals surface area contributed by atoms with E-state index in [1.165, 1.54) is 0 Å². The van der Waals surface area contributed by atoms with Crippen molar-refractivity contribution in [3.63, 3.8) is 0 Å². The van der Waals surface area contributed by atoms with Crippen molar-refractivity contribution in [3.05, 3.63) is 65.9 Å². The lowest BCUT2D eigenvalue weighted by Crippen LogP contribution is -2.47. The predicted octanol–water partition coefficient (Wildman–Crippen LogP) is 4.83. The van der Waals surface area contributed by atoms with E-state index >= 15 is 0 Å². The zero-order chi connectivity index (χ0) is 26.2. The lowest BCUT2D eigenvalue weighted by atomic mass is 9.92. The first-order valence-corrected chi connectivity index (χ1v) is 11.7. The number of aromatic nitrogens is 4. The smallest absolute Gasteiger partial charge is 0.358 e. The van der Waals surface area contributed by atoms with Crippen molar-refractivity contribution in [2.45, 2.75) is 38.8 Å². The third-order valence-electron chi connectivity index (χ3n) is 6.10. The molecule has 0 bridgehead atoms. The molecule has 2 aromatic heterocycles. The maximum atomic E-state index is 13.9. The number of fused-ring (bicyclic) bond motifs is 1. The largest absolute Gasteiger partial charge is 0.496 e. The molecule has 37 heavy (non-hydrogen) atoms. The van der Waals surface area contributed by atoms with Crippen LogP contribution in [0.25, 0.3) is 22.7 Å². The number of hydrogen-bond donors (Lipinski definition) is 0. The topological polar surface area (TPSA) is 102 Å². The summed E-state index contributed by atoms with van der Waals surface area (Å²) in [6.07, 6.45) is 2.31. The quantitative estimate of drug-likeness (QED) is 0.326. The van der Waals surface area contributed by atoms with Crippen LogP contribution in [0.4, 0.5) is 8.78 Å². The van der Waals surface area contributed by atoms with E-state index in [1.807, 2.05) is 12.1 Å². The Bertz CT molecular complexity index is 1450. The van der Waals surface area contributed by atoms with Crippen molar-refractivity contribution >= 4 is 5.97 Å². The zero-order valence-corrected chi connectivity index (χ0v) is 20.5. The lowest BCUT2D eigenvalue weighted by molar-refractivity contribution is -0.166. The fourth-order valence-corrected chi connectivity index (χ4v) is 4.51. The van der Waals surface area contributed by atoms with Crippen LogP contribution >= 0.6 is 0 Å². The first-order chi connectivity index (χ1) is 17.8. The molecule has 11 heteroatoms. The number of ether oxygens (including phenoxy) is 3. The highest BCUT2D eigenvalue weighted by Crippen LogP contribution is 2.40. The minimum absolute atomic E-state index is 0.0855. The molecule has 0 saturated carbocycles. The van der Waals surface area contributed by atoms with Gasteiger partial charge in [-0.1, -0.05) is 6.07 Å². The Morgan fingerprint density at radius 3 is 2.62 bits per heavy atom. The highest BCUT2D eigenvalue weighted by molar-refractivity contribution is 5.81. The van der Waals surface area contributed by atoms with E-state index in [0.717, 1.165) is 18.2 Å². The van der Waals surface area contributed by atoms with Gasteiger partial charge in [0, 0.05) is 43.7 Å². The maximum absolute atomic E-state index is 13.9. The van der Waals surface area contributed by atoms with Gasteiger partial charge < -0.3 is 23.2 Å². The summed E-state index contributed by atoms with van der Waals surface area (Å²) in [6.45, 7) is 3.99. The Morgan fingerprint density at radius 2 is 1.95 bits per heavy atom. The Morgan fingerprint density at radius 1 is 1.16 bits per heavy atom. The van der Waals surface area contributed by atoms with Crippen molar-refractivity contribution in [2.24, 2.45) is 0 Å². The first-order valence-electron chi connectivity index (χ1n) is 11.7. The number of halogens is 2. The third-order valence-corrected chi connectivity index (χ3v) is 6.10. The molecule has 0 N–H and O–H groups in total. The van der Waals surface area contributed by atoms with E-state index in [1.54, 1.807) is 37.8 Å². The molecule has 1 unspecified atom stereocenters. The molecule has 3 heterocycles. The number of carbonyl (C=O) groups is 1. The number of hydrogen-bond acceptors (Lipinski definition) is 8. The van der Waals surface area contributed by atoms with Gasteiger partial charge in [-0.2, -0.15) is 0 Å². The highest BCUT2D eigenvalue weighted by Gasteiger charge is 2.51. The summed E-state index contributed by atoms with van der Waals surface area (Å²) in [6, 6.07) is 8.18. The van der Waals surface area contributed by atoms with Crippen LogP contribution in [0.5, 0.6) is 11.5 Å². The van der Waals surface area contributed by atoms with E-state index in [4.69, 9.17) is 18.6 Å². The molecular weight excluding hydrogens is 486 g/mol. The number of esters is 1. The highest BCUT2D eigenvalue weighted by atomic mass is 19.1. The maximum Gasteiger partial charge on any atom is 0.358 e. The molecule has 0 saturated heterocycles. The number of aryl methyl sites for hydroxylation is 1. The number of benzene rings is 2. The van der Waals surface area contributed by atoms with Gasteiger partial charge in [0.2, 0.25) is 0 Å². The van der Waals surface area contributed by atoms with Crippen molar-refractivity contribution in [2.75, 3.05) is 13.7 Å². The molecule has 192 valence electrons. The molecule has 4 aromatic rings. The van der Waals surface area contributed by atoms with Crippen LogP contribution in [0.15, 0.2) is 47.0 Å². The van der Waals surface area contributed by atoms with Gasteiger partial charge in [0.05, 0.1) is 25.5 Å². The molecule has 5 rings (SSSR count). The minimum Gasteiger partial charge on any atom is -0.496 e. The molecule has 9 nitrogen and oxygen atoms in total. The number of carbonyl (C=O) groups excluding carboxylic acids is 1. The molecule has 0 fully saturated rings. The van der Waals surface area contributed by atoms with Gasteiger partial charge in [-0.25, -0.2) is 18.6 Å². The zero-order valence-electron chi connectivity index (χ0n) is 20.5. The van der Waals surface area contributed by atoms with Crippen LogP contribution in [-0.4, -0.2) is 39.4 Å². The monoisotopic (exact) mass is 510 g/mol.